The number of ketones is 1. The van der Waals surface area contributed by atoms with Gasteiger partial charge in [0.25, 0.3) is 5.91 Å². The maximum atomic E-state index is 12.4. The predicted molar refractivity (Wildman–Crippen MR) is 118 cm³/mol. The van der Waals surface area contributed by atoms with Crippen molar-refractivity contribution < 1.29 is 35.9 Å². The Hall–Kier alpha value is -3.70. The third kappa shape index (κ3) is 6.90. The topological polar surface area (TPSA) is 102 Å². The number of anilines is 1. The smallest absolute Gasteiger partial charge is 0.406 e. The van der Waals surface area contributed by atoms with Gasteiger partial charge in [-0.2, -0.15) is 0 Å². The predicted octanol–water partition coefficient (Wildman–Crippen LogP) is 4.52. The number of carbonyl (C=O) groups excluding carboxylic acids is 2. The van der Waals surface area contributed by atoms with Gasteiger partial charge in [-0.1, -0.05) is 24.3 Å². The number of alkyl halides is 3. The van der Waals surface area contributed by atoms with Crippen LogP contribution in [0.5, 0.6) is 5.75 Å². The molecule has 7 nitrogen and oxygen atoms in total. The van der Waals surface area contributed by atoms with E-state index in [1.165, 1.54) is 55.5 Å². The number of hydrogen-bond donors (Lipinski definition) is 2. The molecule has 2 N–H and O–H groups in total. The number of carbonyl (C=O) groups is 2. The lowest BCUT2D eigenvalue weighted by molar-refractivity contribution is -0.274. The van der Waals surface area contributed by atoms with Crippen molar-refractivity contribution in [2.24, 2.45) is 0 Å². The van der Waals surface area contributed by atoms with Gasteiger partial charge in [-0.25, -0.2) is 13.1 Å². The van der Waals surface area contributed by atoms with Crippen LogP contribution in [0.2, 0.25) is 0 Å². The number of rotatable bonds is 8. The zero-order chi connectivity index (χ0) is 24.9. The summed E-state index contributed by atoms with van der Waals surface area (Å²) in [7, 11) is -3.80. The Kier molecular flexibility index (Phi) is 7.38. The highest BCUT2D eigenvalue weighted by molar-refractivity contribution is 7.89. The van der Waals surface area contributed by atoms with Crippen molar-refractivity contribution >= 4 is 27.4 Å². The van der Waals surface area contributed by atoms with E-state index in [2.05, 4.69) is 14.8 Å². The molecule has 0 heterocycles. The summed E-state index contributed by atoms with van der Waals surface area (Å²) in [4.78, 5) is 23.7. The summed E-state index contributed by atoms with van der Waals surface area (Å²) in [6.07, 6.45) is -4.80. The number of sulfonamides is 1. The van der Waals surface area contributed by atoms with Gasteiger partial charge >= 0.3 is 6.36 Å². The Morgan fingerprint density at radius 3 is 1.94 bits per heavy atom. The van der Waals surface area contributed by atoms with Gasteiger partial charge in [0.2, 0.25) is 10.0 Å². The number of nitrogens with one attached hydrogen (secondary N) is 2. The fourth-order valence-corrected chi connectivity index (χ4v) is 3.87. The number of benzene rings is 3. The number of amides is 1. The second-order valence-corrected chi connectivity index (χ2v) is 8.90. The molecule has 0 saturated carbocycles. The summed E-state index contributed by atoms with van der Waals surface area (Å²) in [5.41, 5.74) is 1.53. The van der Waals surface area contributed by atoms with E-state index >= 15 is 0 Å². The summed E-state index contributed by atoms with van der Waals surface area (Å²) in [6, 6.07) is 16.3. The van der Waals surface area contributed by atoms with Crippen LogP contribution >= 0.6 is 0 Å². The van der Waals surface area contributed by atoms with Crippen LogP contribution in [0.25, 0.3) is 0 Å². The zero-order valence-electron chi connectivity index (χ0n) is 17.7. The Balaban J connectivity index is 1.58. The molecule has 0 aliphatic carbocycles. The van der Waals surface area contributed by atoms with E-state index in [4.69, 9.17) is 0 Å². The van der Waals surface area contributed by atoms with E-state index in [-0.39, 0.29) is 28.5 Å². The van der Waals surface area contributed by atoms with Crippen LogP contribution in [-0.4, -0.2) is 26.5 Å². The molecule has 0 fully saturated rings. The van der Waals surface area contributed by atoms with E-state index in [0.717, 1.165) is 12.1 Å². The van der Waals surface area contributed by atoms with Crippen molar-refractivity contribution in [1.29, 1.82) is 0 Å². The van der Waals surface area contributed by atoms with Crippen LogP contribution in [0.3, 0.4) is 0 Å². The molecule has 0 aromatic heterocycles. The van der Waals surface area contributed by atoms with Crippen molar-refractivity contribution in [2.75, 3.05) is 5.32 Å². The van der Waals surface area contributed by atoms with Gasteiger partial charge in [0, 0.05) is 23.4 Å². The Morgan fingerprint density at radius 1 is 0.853 bits per heavy atom. The lowest BCUT2D eigenvalue weighted by atomic mass is 10.1. The maximum absolute atomic E-state index is 12.4. The molecular weight excluding hydrogens is 473 g/mol. The monoisotopic (exact) mass is 492 g/mol. The summed E-state index contributed by atoms with van der Waals surface area (Å²) in [5, 5.41) is 2.55. The van der Waals surface area contributed by atoms with Crippen molar-refractivity contribution in [3.05, 3.63) is 89.5 Å². The minimum atomic E-state index is -4.80. The van der Waals surface area contributed by atoms with Crippen LogP contribution in [0, 0.1) is 0 Å². The van der Waals surface area contributed by atoms with Crippen molar-refractivity contribution in [3.8, 4) is 5.75 Å². The molecule has 0 aliphatic rings. The number of Topliss-reactive ketones (excluding diaryl/α,β-unsaturated/α-hetero) is 1. The van der Waals surface area contributed by atoms with Crippen LogP contribution in [0.4, 0.5) is 18.9 Å². The third-order valence-electron chi connectivity index (χ3n) is 4.60. The average molecular weight is 492 g/mol. The van der Waals surface area contributed by atoms with Gasteiger partial charge in [-0.15, -0.1) is 13.2 Å². The van der Waals surface area contributed by atoms with Crippen molar-refractivity contribution in [3.63, 3.8) is 0 Å². The lowest BCUT2D eigenvalue weighted by Crippen LogP contribution is -2.23. The first-order chi connectivity index (χ1) is 15.9. The van der Waals surface area contributed by atoms with E-state index in [0.29, 0.717) is 11.1 Å². The molecule has 0 atom stereocenters. The largest absolute Gasteiger partial charge is 0.573 e. The minimum Gasteiger partial charge on any atom is -0.406 e. The molecule has 0 bridgehead atoms. The summed E-state index contributed by atoms with van der Waals surface area (Å²) < 4.78 is 67.7. The molecule has 11 heteroatoms. The van der Waals surface area contributed by atoms with Crippen LogP contribution in [-0.2, 0) is 16.6 Å². The van der Waals surface area contributed by atoms with Crippen molar-refractivity contribution in [2.45, 2.75) is 24.7 Å². The molecular formula is C23H19F3N2O5S. The Labute approximate surface area is 193 Å². The maximum Gasteiger partial charge on any atom is 0.573 e. The minimum absolute atomic E-state index is 0.0140. The standard InChI is InChI=1S/C23H19F3N2O5S/c1-15(29)17-6-12-21(13-7-17)34(31,32)27-14-16-2-4-18(5-3-16)22(30)28-19-8-10-20(11-9-19)33-23(24,25)26/h2-13,27H,14H2,1H3,(H,28,30). The second-order valence-electron chi connectivity index (χ2n) is 7.13. The normalized spacial score (nSPS) is 11.6. The fourth-order valence-electron chi connectivity index (χ4n) is 2.85. The summed E-state index contributed by atoms with van der Waals surface area (Å²) in [5.74, 6) is -1.08. The molecule has 0 unspecified atom stereocenters. The zero-order valence-corrected chi connectivity index (χ0v) is 18.5. The number of hydrogen-bond acceptors (Lipinski definition) is 5. The highest BCUT2D eigenvalue weighted by Gasteiger charge is 2.31. The first kappa shape index (κ1) is 24.9. The second kappa shape index (κ2) is 10.1. The fraction of sp³-hybridized carbons (Fsp3) is 0.130. The van der Waals surface area contributed by atoms with E-state index in [9.17, 15) is 31.2 Å². The average Bonchev–Trinajstić information content (AvgIpc) is 2.78. The van der Waals surface area contributed by atoms with E-state index in [1.54, 1.807) is 12.1 Å². The van der Waals surface area contributed by atoms with E-state index in [1.807, 2.05) is 0 Å². The van der Waals surface area contributed by atoms with Gasteiger partial charge < -0.3 is 10.1 Å². The Bertz CT molecular complexity index is 1270. The molecule has 3 aromatic carbocycles. The number of ether oxygens (including phenoxy) is 1. The summed E-state index contributed by atoms with van der Waals surface area (Å²) in [6.45, 7) is 1.36. The van der Waals surface area contributed by atoms with E-state index < -0.39 is 28.0 Å². The molecule has 34 heavy (non-hydrogen) atoms. The quantitative estimate of drug-likeness (QED) is 0.451. The first-order valence-electron chi connectivity index (χ1n) is 9.80. The van der Waals surface area contributed by atoms with Gasteiger partial charge in [-0.3, -0.25) is 9.59 Å². The summed E-state index contributed by atoms with van der Waals surface area (Å²) >= 11 is 0. The highest BCUT2D eigenvalue weighted by Crippen LogP contribution is 2.24. The van der Waals surface area contributed by atoms with Gasteiger partial charge in [0.1, 0.15) is 5.75 Å². The third-order valence-corrected chi connectivity index (χ3v) is 6.02. The molecule has 0 radical (unpaired) electrons. The molecule has 0 saturated heterocycles. The van der Waals surface area contributed by atoms with Gasteiger partial charge in [0.05, 0.1) is 4.90 Å². The molecule has 0 aliphatic heterocycles. The molecule has 3 rings (SSSR count). The van der Waals surface area contributed by atoms with Crippen LogP contribution in [0.15, 0.2) is 77.7 Å². The molecule has 0 spiro atoms. The SMILES string of the molecule is CC(=O)c1ccc(S(=O)(=O)NCc2ccc(C(=O)Nc3ccc(OC(F)(F)F)cc3)cc2)cc1. The van der Waals surface area contributed by atoms with Gasteiger partial charge in [0.15, 0.2) is 5.78 Å². The number of halogens is 3. The molecule has 1 amide bonds. The van der Waals surface area contributed by atoms with Crippen molar-refractivity contribution in [1.82, 2.24) is 4.72 Å². The van der Waals surface area contributed by atoms with Crippen LogP contribution in [0.1, 0.15) is 33.2 Å². The molecule has 178 valence electrons. The molecule has 3 aromatic rings. The van der Waals surface area contributed by atoms with Crippen LogP contribution < -0.4 is 14.8 Å². The van der Waals surface area contributed by atoms with Gasteiger partial charge in [-0.05, 0) is 61.0 Å². The lowest BCUT2D eigenvalue weighted by Gasteiger charge is -2.10. The first-order valence-corrected chi connectivity index (χ1v) is 11.3. The highest BCUT2D eigenvalue weighted by atomic mass is 32.2. The Morgan fingerprint density at radius 2 is 1.41 bits per heavy atom.